The normalized spacial score (nSPS) is 12.9. The molecule has 0 bridgehead atoms. The number of fused-ring (bicyclic) bond motifs is 1. The quantitative estimate of drug-likeness (QED) is 0.796. The lowest BCUT2D eigenvalue weighted by Gasteiger charge is -2.25. The third-order valence-corrected chi connectivity index (χ3v) is 5.45. The molecule has 144 valence electrons. The predicted octanol–water partition coefficient (Wildman–Crippen LogP) is 4.47. The highest BCUT2D eigenvalue weighted by molar-refractivity contribution is 6.42. The summed E-state index contributed by atoms with van der Waals surface area (Å²) in [4.78, 5) is 20.7. The van der Waals surface area contributed by atoms with Gasteiger partial charge in [-0.1, -0.05) is 35.3 Å². The lowest BCUT2D eigenvalue weighted by atomic mass is 10.1. The first kappa shape index (κ1) is 19.8. The van der Waals surface area contributed by atoms with Crippen LogP contribution in [0.5, 0.6) is 0 Å². The van der Waals surface area contributed by atoms with E-state index in [1.807, 2.05) is 13.1 Å². The molecular weight excluding hydrogens is 383 g/mol. The van der Waals surface area contributed by atoms with Crippen LogP contribution >= 0.6 is 23.2 Å². The fourth-order valence-corrected chi connectivity index (χ4v) is 3.48. The van der Waals surface area contributed by atoms with Gasteiger partial charge in [0.25, 0.3) is 0 Å². The molecular formula is C20H24Cl2N4O. The maximum absolute atomic E-state index is 12.6. The van der Waals surface area contributed by atoms with E-state index in [-0.39, 0.29) is 6.03 Å². The number of halogens is 2. The van der Waals surface area contributed by atoms with E-state index in [0.29, 0.717) is 23.1 Å². The standard InChI is InChI=1S/C20H24Cl2N4O/c1-25(11-9-16-7-6-15-4-3-10-23-19(15)24-16)20(27)26(2)13-14-5-8-17(21)18(22)12-14/h5-8,12H,3-4,9-11,13H2,1-2H3,(H,23,24). The summed E-state index contributed by atoms with van der Waals surface area (Å²) in [5.41, 5.74) is 3.21. The number of hydrogen-bond acceptors (Lipinski definition) is 3. The Hall–Kier alpha value is -1.98. The number of hydrogen-bond donors (Lipinski definition) is 1. The molecule has 1 aromatic heterocycles. The molecule has 2 amide bonds. The van der Waals surface area contributed by atoms with Crippen LogP contribution in [0.2, 0.25) is 10.0 Å². The van der Waals surface area contributed by atoms with Crippen LogP contribution in [0.4, 0.5) is 10.6 Å². The summed E-state index contributed by atoms with van der Waals surface area (Å²) in [7, 11) is 3.59. The van der Waals surface area contributed by atoms with Gasteiger partial charge in [-0.3, -0.25) is 0 Å². The average Bonchev–Trinajstić information content (AvgIpc) is 2.68. The van der Waals surface area contributed by atoms with E-state index in [1.165, 1.54) is 5.56 Å². The summed E-state index contributed by atoms with van der Waals surface area (Å²) in [5, 5.41) is 4.36. The van der Waals surface area contributed by atoms with E-state index in [4.69, 9.17) is 23.2 Å². The van der Waals surface area contributed by atoms with E-state index in [0.717, 1.165) is 42.9 Å². The zero-order chi connectivity index (χ0) is 19.4. The van der Waals surface area contributed by atoms with Crippen LogP contribution in [0.1, 0.15) is 23.2 Å². The van der Waals surface area contributed by atoms with Gasteiger partial charge in [0.15, 0.2) is 0 Å². The second-order valence-corrected chi connectivity index (χ2v) is 7.71. The molecule has 0 saturated carbocycles. The van der Waals surface area contributed by atoms with Crippen molar-refractivity contribution in [1.82, 2.24) is 14.8 Å². The zero-order valence-electron chi connectivity index (χ0n) is 15.6. The summed E-state index contributed by atoms with van der Waals surface area (Å²) in [6.07, 6.45) is 2.95. The first-order chi connectivity index (χ1) is 12.9. The minimum atomic E-state index is -0.0443. The van der Waals surface area contributed by atoms with Gasteiger partial charge in [-0.2, -0.15) is 0 Å². The molecule has 1 N–H and O–H groups in total. The summed E-state index contributed by atoms with van der Waals surface area (Å²) in [6, 6.07) is 9.57. The van der Waals surface area contributed by atoms with Crippen molar-refractivity contribution in [2.75, 3.05) is 32.5 Å². The molecule has 2 heterocycles. The smallest absolute Gasteiger partial charge is 0.319 e. The molecule has 0 fully saturated rings. The van der Waals surface area contributed by atoms with Gasteiger partial charge in [0.1, 0.15) is 5.82 Å². The number of urea groups is 1. The maximum atomic E-state index is 12.6. The first-order valence-electron chi connectivity index (χ1n) is 9.07. The van der Waals surface area contributed by atoms with Gasteiger partial charge in [-0.05, 0) is 42.2 Å². The Morgan fingerprint density at radius 2 is 1.96 bits per heavy atom. The molecule has 3 rings (SSSR count). The van der Waals surface area contributed by atoms with Gasteiger partial charge < -0.3 is 15.1 Å². The number of anilines is 1. The van der Waals surface area contributed by atoms with Crippen molar-refractivity contribution in [1.29, 1.82) is 0 Å². The van der Waals surface area contributed by atoms with Crippen molar-refractivity contribution in [3.05, 3.63) is 57.2 Å². The van der Waals surface area contributed by atoms with E-state index >= 15 is 0 Å². The largest absolute Gasteiger partial charge is 0.370 e. The van der Waals surface area contributed by atoms with E-state index in [9.17, 15) is 4.79 Å². The number of rotatable bonds is 5. The van der Waals surface area contributed by atoms with E-state index in [2.05, 4.69) is 22.4 Å². The molecule has 7 heteroatoms. The Morgan fingerprint density at radius 1 is 1.15 bits per heavy atom. The van der Waals surface area contributed by atoms with Gasteiger partial charge in [0, 0.05) is 45.8 Å². The molecule has 0 spiro atoms. The van der Waals surface area contributed by atoms with Crippen molar-refractivity contribution in [2.24, 2.45) is 0 Å². The van der Waals surface area contributed by atoms with E-state index < -0.39 is 0 Å². The SMILES string of the molecule is CN(CCc1ccc2c(n1)NCCC2)C(=O)N(C)Cc1ccc(Cl)c(Cl)c1. The molecule has 0 aliphatic carbocycles. The molecule has 2 aromatic rings. The van der Waals surface area contributed by atoms with E-state index in [1.54, 1.807) is 29.0 Å². The molecule has 1 aliphatic heterocycles. The first-order valence-corrected chi connectivity index (χ1v) is 9.82. The summed E-state index contributed by atoms with van der Waals surface area (Å²) >= 11 is 12.0. The number of nitrogens with zero attached hydrogens (tertiary/aromatic N) is 3. The van der Waals surface area contributed by atoms with Crippen molar-refractivity contribution in [3.63, 3.8) is 0 Å². The van der Waals surface area contributed by atoms with Crippen LogP contribution in [0.15, 0.2) is 30.3 Å². The van der Waals surface area contributed by atoms with Crippen LogP contribution in [-0.2, 0) is 19.4 Å². The number of aryl methyl sites for hydroxylation is 1. The Bertz CT molecular complexity index is 828. The van der Waals surface area contributed by atoms with Crippen molar-refractivity contribution in [3.8, 4) is 0 Å². The van der Waals surface area contributed by atoms with Gasteiger partial charge >= 0.3 is 6.03 Å². The van der Waals surface area contributed by atoms with Crippen molar-refractivity contribution >= 4 is 35.1 Å². The minimum Gasteiger partial charge on any atom is -0.370 e. The second-order valence-electron chi connectivity index (χ2n) is 6.90. The van der Waals surface area contributed by atoms with Crippen molar-refractivity contribution < 1.29 is 4.79 Å². The van der Waals surface area contributed by atoms with Gasteiger partial charge in [0.2, 0.25) is 0 Å². The number of pyridine rings is 1. The monoisotopic (exact) mass is 406 g/mol. The predicted molar refractivity (Wildman–Crippen MR) is 111 cm³/mol. The number of benzene rings is 1. The third kappa shape index (κ3) is 5.05. The number of likely N-dealkylation sites (N-methyl/N-ethyl adjacent to an activating group) is 1. The lowest BCUT2D eigenvalue weighted by Crippen LogP contribution is -2.39. The molecule has 0 radical (unpaired) electrons. The van der Waals surface area contributed by atoms with Gasteiger partial charge in [-0.25, -0.2) is 9.78 Å². The molecule has 0 atom stereocenters. The summed E-state index contributed by atoms with van der Waals surface area (Å²) in [6.45, 7) is 2.05. The zero-order valence-corrected chi connectivity index (χ0v) is 17.1. The number of nitrogens with one attached hydrogen (secondary N) is 1. The topological polar surface area (TPSA) is 48.5 Å². The molecule has 5 nitrogen and oxygen atoms in total. The fraction of sp³-hybridized carbons (Fsp3) is 0.400. The molecule has 0 unspecified atom stereocenters. The Morgan fingerprint density at radius 3 is 2.74 bits per heavy atom. The Kier molecular flexibility index (Phi) is 6.45. The molecule has 1 aromatic carbocycles. The van der Waals surface area contributed by atoms with Crippen LogP contribution in [0.25, 0.3) is 0 Å². The number of aromatic nitrogens is 1. The highest BCUT2D eigenvalue weighted by Crippen LogP contribution is 2.23. The Labute approximate surface area is 170 Å². The average molecular weight is 407 g/mol. The fourth-order valence-electron chi connectivity index (χ4n) is 3.16. The van der Waals surface area contributed by atoms with Crippen LogP contribution in [0.3, 0.4) is 0 Å². The molecule has 1 aliphatic rings. The van der Waals surface area contributed by atoms with Gasteiger partial charge in [0.05, 0.1) is 10.0 Å². The minimum absolute atomic E-state index is 0.0443. The molecule has 0 saturated heterocycles. The lowest BCUT2D eigenvalue weighted by molar-refractivity contribution is 0.171. The Balaban J connectivity index is 1.54. The summed E-state index contributed by atoms with van der Waals surface area (Å²) < 4.78 is 0. The third-order valence-electron chi connectivity index (χ3n) is 4.71. The van der Waals surface area contributed by atoms with Crippen molar-refractivity contribution in [2.45, 2.75) is 25.8 Å². The van der Waals surface area contributed by atoms with Gasteiger partial charge in [-0.15, -0.1) is 0 Å². The van der Waals surface area contributed by atoms with Crippen LogP contribution < -0.4 is 5.32 Å². The van der Waals surface area contributed by atoms with Crippen LogP contribution in [-0.4, -0.2) is 48.0 Å². The number of carbonyl (C=O) groups excluding carboxylic acids is 1. The highest BCUT2D eigenvalue weighted by atomic mass is 35.5. The maximum Gasteiger partial charge on any atom is 0.319 e. The number of amides is 2. The summed E-state index contributed by atoms with van der Waals surface area (Å²) in [5.74, 6) is 0.990. The number of carbonyl (C=O) groups is 1. The van der Waals surface area contributed by atoms with Crippen LogP contribution in [0, 0.1) is 0 Å². The highest BCUT2D eigenvalue weighted by Gasteiger charge is 2.16. The molecule has 27 heavy (non-hydrogen) atoms. The second kappa shape index (κ2) is 8.81.